The topological polar surface area (TPSA) is 41.5 Å². The van der Waals surface area contributed by atoms with Crippen LogP contribution in [0.2, 0.25) is 0 Å². The molecule has 0 unspecified atom stereocenters. The molecule has 0 aromatic heterocycles. The summed E-state index contributed by atoms with van der Waals surface area (Å²) in [5, 5.41) is 12.9. The molecule has 0 aliphatic heterocycles. The highest BCUT2D eigenvalue weighted by Crippen LogP contribution is 2.22. The van der Waals surface area contributed by atoms with Gasteiger partial charge in [0.15, 0.2) is 0 Å². The van der Waals surface area contributed by atoms with Crippen molar-refractivity contribution in [3.05, 3.63) is 23.8 Å². The number of ether oxygens (including phenoxy) is 1. The van der Waals surface area contributed by atoms with Crippen LogP contribution in [0.15, 0.2) is 18.2 Å². The second kappa shape index (κ2) is 7.36. The smallest absolute Gasteiger partial charge is 0.120 e. The monoisotopic (exact) mass is 245 g/mol. The van der Waals surface area contributed by atoms with Gasteiger partial charge in [-0.1, -0.05) is 13.8 Å². The van der Waals surface area contributed by atoms with E-state index in [4.69, 9.17) is 4.74 Å². The first-order chi connectivity index (χ1) is 7.13. The Balaban J connectivity index is 0.00000225. The van der Waals surface area contributed by atoms with Crippen LogP contribution >= 0.6 is 12.4 Å². The quantitative estimate of drug-likeness (QED) is 0.838. The molecule has 3 nitrogen and oxygen atoms in total. The highest BCUT2D eigenvalue weighted by Gasteiger charge is 2.03. The normalized spacial score (nSPS) is 10.0. The summed E-state index contributed by atoms with van der Waals surface area (Å²) in [5.41, 5.74) is 0.870. The molecule has 1 aromatic rings. The molecule has 0 spiro atoms. The molecule has 0 aliphatic rings. The summed E-state index contributed by atoms with van der Waals surface area (Å²) in [6.45, 7) is 7.39. The fourth-order valence-electron chi connectivity index (χ4n) is 1.27. The minimum atomic E-state index is 0. The predicted molar refractivity (Wildman–Crippen MR) is 68.5 cm³/mol. The zero-order chi connectivity index (χ0) is 11.3. The van der Waals surface area contributed by atoms with Crippen molar-refractivity contribution in [1.82, 2.24) is 5.32 Å². The van der Waals surface area contributed by atoms with Crippen LogP contribution in [0.1, 0.15) is 26.3 Å². The van der Waals surface area contributed by atoms with Crippen molar-refractivity contribution in [3.8, 4) is 11.5 Å². The summed E-state index contributed by atoms with van der Waals surface area (Å²) in [4.78, 5) is 0. The van der Waals surface area contributed by atoms with E-state index in [-0.39, 0.29) is 12.4 Å². The van der Waals surface area contributed by atoms with E-state index in [9.17, 15) is 5.11 Å². The van der Waals surface area contributed by atoms with Gasteiger partial charge in [0.25, 0.3) is 0 Å². The van der Waals surface area contributed by atoms with Crippen molar-refractivity contribution in [1.29, 1.82) is 0 Å². The SMILES string of the molecule is CCOc1ccc(O)c(CNC(C)C)c1.Cl. The average molecular weight is 246 g/mol. The Morgan fingerprint density at radius 2 is 2.06 bits per heavy atom. The van der Waals surface area contributed by atoms with E-state index < -0.39 is 0 Å². The number of benzene rings is 1. The number of phenols is 1. The summed E-state index contributed by atoms with van der Waals surface area (Å²) in [6.07, 6.45) is 0. The van der Waals surface area contributed by atoms with Gasteiger partial charge in [0.05, 0.1) is 6.61 Å². The Kier molecular flexibility index (Phi) is 6.93. The molecule has 1 aromatic carbocycles. The number of phenolic OH excluding ortho intramolecular Hbond substituents is 1. The van der Waals surface area contributed by atoms with Crippen LogP contribution in [-0.2, 0) is 6.54 Å². The molecule has 4 heteroatoms. The molecule has 2 N–H and O–H groups in total. The third-order valence-electron chi connectivity index (χ3n) is 2.06. The second-order valence-corrected chi connectivity index (χ2v) is 3.76. The largest absolute Gasteiger partial charge is 0.508 e. The maximum atomic E-state index is 9.62. The third kappa shape index (κ3) is 4.73. The van der Waals surface area contributed by atoms with E-state index in [1.807, 2.05) is 13.0 Å². The van der Waals surface area contributed by atoms with E-state index in [1.165, 1.54) is 0 Å². The van der Waals surface area contributed by atoms with Crippen LogP contribution in [-0.4, -0.2) is 17.8 Å². The number of hydrogen-bond acceptors (Lipinski definition) is 3. The van der Waals surface area contributed by atoms with Crippen molar-refractivity contribution >= 4 is 12.4 Å². The van der Waals surface area contributed by atoms with Gasteiger partial charge < -0.3 is 15.2 Å². The van der Waals surface area contributed by atoms with E-state index >= 15 is 0 Å². The van der Waals surface area contributed by atoms with Gasteiger partial charge in [0.1, 0.15) is 11.5 Å². The standard InChI is InChI=1S/C12H19NO2.ClH/c1-4-15-11-5-6-12(14)10(7-11)8-13-9(2)3;/h5-7,9,13-14H,4,8H2,1-3H3;1H. The molecular formula is C12H20ClNO2. The van der Waals surface area contributed by atoms with Crippen molar-refractivity contribution in [2.24, 2.45) is 0 Å². The van der Waals surface area contributed by atoms with Crippen LogP contribution < -0.4 is 10.1 Å². The van der Waals surface area contributed by atoms with Crippen molar-refractivity contribution in [2.45, 2.75) is 33.4 Å². The first-order valence-electron chi connectivity index (χ1n) is 5.31. The Morgan fingerprint density at radius 1 is 1.38 bits per heavy atom. The molecular weight excluding hydrogens is 226 g/mol. The molecule has 0 saturated carbocycles. The van der Waals surface area contributed by atoms with Gasteiger partial charge in [0.2, 0.25) is 0 Å². The maximum absolute atomic E-state index is 9.62. The first-order valence-corrected chi connectivity index (χ1v) is 5.31. The van der Waals surface area contributed by atoms with Gasteiger partial charge >= 0.3 is 0 Å². The van der Waals surface area contributed by atoms with E-state index in [1.54, 1.807) is 12.1 Å². The molecule has 1 rings (SSSR count). The molecule has 16 heavy (non-hydrogen) atoms. The molecule has 0 atom stereocenters. The first kappa shape index (κ1) is 15.1. The molecule has 0 heterocycles. The highest BCUT2D eigenvalue weighted by atomic mass is 35.5. The Hall–Kier alpha value is -0.930. The summed E-state index contributed by atoms with van der Waals surface area (Å²) in [6, 6.07) is 5.72. The lowest BCUT2D eigenvalue weighted by Crippen LogP contribution is -2.21. The molecule has 0 saturated heterocycles. The zero-order valence-electron chi connectivity index (χ0n) is 9.99. The van der Waals surface area contributed by atoms with Crippen LogP contribution in [0.5, 0.6) is 11.5 Å². The number of aromatic hydroxyl groups is 1. The Labute approximate surface area is 103 Å². The fraction of sp³-hybridized carbons (Fsp3) is 0.500. The summed E-state index contributed by atoms with van der Waals surface area (Å²) < 4.78 is 5.37. The summed E-state index contributed by atoms with van der Waals surface area (Å²) >= 11 is 0. The van der Waals surface area contributed by atoms with Gasteiger partial charge in [-0.2, -0.15) is 0 Å². The second-order valence-electron chi connectivity index (χ2n) is 3.76. The maximum Gasteiger partial charge on any atom is 0.120 e. The molecule has 0 aliphatic carbocycles. The van der Waals surface area contributed by atoms with Crippen molar-refractivity contribution in [2.75, 3.05) is 6.61 Å². The minimum Gasteiger partial charge on any atom is -0.508 e. The van der Waals surface area contributed by atoms with Crippen molar-refractivity contribution in [3.63, 3.8) is 0 Å². The van der Waals surface area contributed by atoms with Gasteiger partial charge in [-0.25, -0.2) is 0 Å². The number of rotatable bonds is 5. The van der Waals surface area contributed by atoms with E-state index in [0.29, 0.717) is 24.9 Å². The zero-order valence-corrected chi connectivity index (χ0v) is 10.8. The summed E-state index contributed by atoms with van der Waals surface area (Å²) in [7, 11) is 0. The van der Waals surface area contributed by atoms with Gasteiger partial charge in [-0.15, -0.1) is 12.4 Å². The van der Waals surface area contributed by atoms with Crippen LogP contribution in [0.3, 0.4) is 0 Å². The number of nitrogens with one attached hydrogen (secondary N) is 1. The minimum absolute atomic E-state index is 0. The fourth-order valence-corrected chi connectivity index (χ4v) is 1.27. The number of halogens is 1. The summed E-state index contributed by atoms with van der Waals surface area (Å²) in [5.74, 6) is 1.11. The highest BCUT2D eigenvalue weighted by molar-refractivity contribution is 5.85. The Bertz CT molecular complexity index is 316. The van der Waals surface area contributed by atoms with Crippen LogP contribution in [0, 0.1) is 0 Å². The molecule has 0 fully saturated rings. The molecule has 0 amide bonds. The Morgan fingerprint density at radius 3 is 2.62 bits per heavy atom. The van der Waals surface area contributed by atoms with Gasteiger partial charge in [0, 0.05) is 18.2 Å². The third-order valence-corrected chi connectivity index (χ3v) is 2.06. The lowest BCUT2D eigenvalue weighted by Gasteiger charge is -2.11. The molecule has 92 valence electrons. The molecule has 0 bridgehead atoms. The van der Waals surface area contributed by atoms with Crippen LogP contribution in [0.4, 0.5) is 0 Å². The van der Waals surface area contributed by atoms with E-state index in [2.05, 4.69) is 19.2 Å². The number of hydrogen-bond donors (Lipinski definition) is 2. The molecule has 0 radical (unpaired) electrons. The lowest BCUT2D eigenvalue weighted by molar-refractivity contribution is 0.338. The van der Waals surface area contributed by atoms with Gasteiger partial charge in [-0.05, 0) is 25.1 Å². The lowest BCUT2D eigenvalue weighted by atomic mass is 10.2. The van der Waals surface area contributed by atoms with Crippen molar-refractivity contribution < 1.29 is 9.84 Å². The van der Waals surface area contributed by atoms with Gasteiger partial charge in [-0.3, -0.25) is 0 Å². The van der Waals surface area contributed by atoms with E-state index in [0.717, 1.165) is 11.3 Å². The van der Waals surface area contributed by atoms with Crippen LogP contribution in [0.25, 0.3) is 0 Å². The average Bonchev–Trinajstić information content (AvgIpc) is 2.19. The predicted octanol–water partition coefficient (Wildman–Crippen LogP) is 2.71.